The summed E-state index contributed by atoms with van der Waals surface area (Å²) in [5.74, 6) is 0. The molecule has 0 saturated heterocycles. The fourth-order valence-electron chi connectivity index (χ4n) is 2.08. The maximum absolute atomic E-state index is 3.83. The molecule has 0 aromatic heterocycles. The van der Waals surface area contributed by atoms with Crippen LogP contribution in [0.15, 0.2) is 53.4 Å². The molecule has 2 heteroatoms. The molecule has 2 aromatic rings. The van der Waals surface area contributed by atoms with Gasteiger partial charge >= 0.3 is 0 Å². The minimum atomic E-state index is 0.378. The fourth-order valence-corrected chi connectivity index (χ4v) is 3.67. The van der Waals surface area contributed by atoms with Crippen LogP contribution >= 0.6 is 27.7 Å². The van der Waals surface area contributed by atoms with E-state index in [-0.39, 0.29) is 0 Å². The molecule has 0 heterocycles. The molecule has 18 heavy (non-hydrogen) atoms. The predicted molar refractivity (Wildman–Crippen MR) is 84.8 cm³/mol. The van der Waals surface area contributed by atoms with Gasteiger partial charge in [-0.1, -0.05) is 64.0 Å². The summed E-state index contributed by atoms with van der Waals surface area (Å²) in [4.78, 5) is 1.73. The van der Waals surface area contributed by atoms with Gasteiger partial charge in [-0.25, -0.2) is 0 Å². The zero-order valence-corrected chi connectivity index (χ0v) is 13.1. The molecule has 1 unspecified atom stereocenters. The second-order valence-corrected chi connectivity index (χ2v) is 6.36. The Labute approximate surface area is 122 Å². The van der Waals surface area contributed by atoms with Crippen molar-refractivity contribution < 1.29 is 0 Å². The first-order valence-corrected chi connectivity index (χ1v) is 8.17. The van der Waals surface area contributed by atoms with Gasteiger partial charge in [0.25, 0.3) is 0 Å². The van der Waals surface area contributed by atoms with Crippen molar-refractivity contribution in [3.05, 3.63) is 65.2 Å². The molecule has 2 aromatic carbocycles. The summed E-state index contributed by atoms with van der Waals surface area (Å²) in [6, 6.07) is 17.3. The lowest BCUT2D eigenvalue weighted by molar-refractivity contribution is 0.923. The van der Waals surface area contributed by atoms with Crippen LogP contribution in [-0.4, -0.2) is 6.26 Å². The highest BCUT2D eigenvalue weighted by atomic mass is 79.9. The average Bonchev–Trinajstić information content (AvgIpc) is 2.38. The van der Waals surface area contributed by atoms with Gasteiger partial charge in [-0.05, 0) is 36.8 Å². The van der Waals surface area contributed by atoms with Gasteiger partial charge in [-0.15, -0.1) is 11.8 Å². The van der Waals surface area contributed by atoms with E-state index in [0.717, 1.165) is 6.42 Å². The van der Waals surface area contributed by atoms with Gasteiger partial charge < -0.3 is 0 Å². The summed E-state index contributed by atoms with van der Waals surface area (Å²) in [6.45, 7) is 2.14. The maximum atomic E-state index is 3.83. The third kappa shape index (κ3) is 3.39. The van der Waals surface area contributed by atoms with Gasteiger partial charge in [-0.3, -0.25) is 0 Å². The van der Waals surface area contributed by atoms with E-state index >= 15 is 0 Å². The van der Waals surface area contributed by atoms with E-state index in [1.54, 1.807) is 0 Å². The van der Waals surface area contributed by atoms with Crippen LogP contribution in [0.4, 0.5) is 0 Å². The Balaban J connectivity index is 2.19. The van der Waals surface area contributed by atoms with E-state index < -0.39 is 0 Å². The predicted octanol–water partition coefficient (Wildman–Crippen LogP) is 5.40. The van der Waals surface area contributed by atoms with Crippen molar-refractivity contribution in [3.63, 3.8) is 0 Å². The number of halogens is 1. The Hall–Kier alpha value is -0.730. The summed E-state index contributed by atoms with van der Waals surface area (Å²) in [7, 11) is 0. The molecular formula is C16H17BrS. The number of rotatable bonds is 4. The monoisotopic (exact) mass is 320 g/mol. The Morgan fingerprint density at radius 2 is 1.89 bits per heavy atom. The third-order valence-corrected chi connectivity index (χ3v) is 4.60. The number of hydrogen-bond donors (Lipinski definition) is 0. The summed E-state index contributed by atoms with van der Waals surface area (Å²) in [6.07, 6.45) is 3.16. The molecule has 0 aliphatic heterocycles. The highest BCUT2D eigenvalue weighted by molar-refractivity contribution is 9.09. The zero-order valence-electron chi connectivity index (χ0n) is 10.7. The Morgan fingerprint density at radius 1 is 1.11 bits per heavy atom. The third-order valence-electron chi connectivity index (χ3n) is 2.97. The van der Waals surface area contributed by atoms with Crippen LogP contribution in [0.5, 0.6) is 0 Å². The van der Waals surface area contributed by atoms with Gasteiger partial charge in [0.2, 0.25) is 0 Å². The molecule has 0 aliphatic carbocycles. The molecule has 2 rings (SSSR count). The van der Waals surface area contributed by atoms with Crippen LogP contribution in [0.1, 0.15) is 21.5 Å². The van der Waals surface area contributed by atoms with Crippen molar-refractivity contribution in [1.82, 2.24) is 0 Å². The molecule has 0 amide bonds. The molecule has 94 valence electrons. The molecule has 0 saturated carbocycles. The molecule has 0 bridgehead atoms. The Bertz CT molecular complexity index is 522. The molecular weight excluding hydrogens is 304 g/mol. The van der Waals surface area contributed by atoms with E-state index in [4.69, 9.17) is 0 Å². The second-order valence-electron chi connectivity index (χ2n) is 4.40. The first kappa shape index (κ1) is 13.7. The topological polar surface area (TPSA) is 0 Å². The first-order valence-electron chi connectivity index (χ1n) is 6.03. The van der Waals surface area contributed by atoms with Crippen LogP contribution in [0.2, 0.25) is 0 Å². The number of alkyl halides is 1. The summed E-state index contributed by atoms with van der Waals surface area (Å²) in [5.41, 5.74) is 4.09. The standard InChI is InChI=1S/C16H17BrS/c1-12-6-5-7-13(10-12)11-15(17)14-8-3-4-9-16(14)18-2/h3-10,15H,11H2,1-2H3. The largest absolute Gasteiger partial charge is 0.129 e. The molecule has 0 aliphatic rings. The first-order chi connectivity index (χ1) is 8.70. The van der Waals surface area contributed by atoms with E-state index in [2.05, 4.69) is 77.6 Å². The quantitative estimate of drug-likeness (QED) is 0.537. The molecule has 0 nitrogen and oxygen atoms in total. The van der Waals surface area contributed by atoms with Gasteiger partial charge in [0.05, 0.1) is 0 Å². The minimum Gasteiger partial charge on any atom is -0.129 e. The molecule has 0 fully saturated rings. The molecule has 0 N–H and O–H groups in total. The number of thioether (sulfide) groups is 1. The van der Waals surface area contributed by atoms with Crippen molar-refractivity contribution in [1.29, 1.82) is 0 Å². The second kappa shape index (κ2) is 6.44. The van der Waals surface area contributed by atoms with Gasteiger partial charge in [-0.2, -0.15) is 0 Å². The van der Waals surface area contributed by atoms with Crippen molar-refractivity contribution in [3.8, 4) is 0 Å². The van der Waals surface area contributed by atoms with Crippen LogP contribution in [0, 0.1) is 6.92 Å². The molecule has 0 spiro atoms. The Kier molecular flexibility index (Phi) is 4.90. The molecule has 0 radical (unpaired) electrons. The maximum Gasteiger partial charge on any atom is 0.0446 e. The van der Waals surface area contributed by atoms with Gasteiger partial charge in [0.1, 0.15) is 0 Å². The highest BCUT2D eigenvalue weighted by Gasteiger charge is 2.12. The van der Waals surface area contributed by atoms with Crippen LogP contribution in [0.25, 0.3) is 0 Å². The SMILES string of the molecule is CSc1ccccc1C(Br)Cc1cccc(C)c1. The number of benzene rings is 2. The summed E-state index contributed by atoms with van der Waals surface area (Å²) >= 11 is 5.63. The van der Waals surface area contributed by atoms with E-state index in [0.29, 0.717) is 4.83 Å². The highest BCUT2D eigenvalue weighted by Crippen LogP contribution is 2.33. The lowest BCUT2D eigenvalue weighted by atomic mass is 10.0. The summed E-state index contributed by atoms with van der Waals surface area (Å²) in [5, 5.41) is 0. The van der Waals surface area contributed by atoms with Crippen LogP contribution in [0.3, 0.4) is 0 Å². The normalized spacial score (nSPS) is 12.4. The van der Waals surface area contributed by atoms with E-state index in [1.807, 2.05) is 11.8 Å². The minimum absolute atomic E-state index is 0.378. The van der Waals surface area contributed by atoms with Crippen molar-refractivity contribution in [2.45, 2.75) is 23.1 Å². The van der Waals surface area contributed by atoms with Crippen LogP contribution < -0.4 is 0 Å². The van der Waals surface area contributed by atoms with E-state index in [1.165, 1.54) is 21.6 Å². The van der Waals surface area contributed by atoms with Gasteiger partial charge in [0, 0.05) is 9.72 Å². The van der Waals surface area contributed by atoms with Crippen LogP contribution in [-0.2, 0) is 6.42 Å². The van der Waals surface area contributed by atoms with Crippen molar-refractivity contribution >= 4 is 27.7 Å². The number of hydrogen-bond acceptors (Lipinski definition) is 1. The lowest BCUT2D eigenvalue weighted by Gasteiger charge is -2.14. The zero-order chi connectivity index (χ0) is 13.0. The smallest absolute Gasteiger partial charge is 0.0446 e. The van der Waals surface area contributed by atoms with Crippen molar-refractivity contribution in [2.75, 3.05) is 6.26 Å². The average molecular weight is 321 g/mol. The van der Waals surface area contributed by atoms with Crippen molar-refractivity contribution in [2.24, 2.45) is 0 Å². The lowest BCUT2D eigenvalue weighted by Crippen LogP contribution is -1.97. The number of aryl methyl sites for hydroxylation is 1. The fraction of sp³-hybridized carbons (Fsp3) is 0.250. The summed E-state index contributed by atoms with van der Waals surface area (Å²) < 4.78 is 0. The van der Waals surface area contributed by atoms with Gasteiger partial charge in [0.15, 0.2) is 0 Å². The Morgan fingerprint density at radius 3 is 2.61 bits per heavy atom. The molecule has 1 atom stereocenters. The van der Waals surface area contributed by atoms with E-state index in [9.17, 15) is 0 Å².